The minimum absolute atomic E-state index is 0.548. The summed E-state index contributed by atoms with van der Waals surface area (Å²) in [7, 11) is 3.21. The molecule has 1 saturated heterocycles. The van der Waals surface area contributed by atoms with Gasteiger partial charge in [-0.2, -0.15) is 0 Å². The Hall–Kier alpha value is -0.650. The molecule has 5 nitrogen and oxygen atoms in total. The van der Waals surface area contributed by atoms with E-state index in [2.05, 4.69) is 0 Å². The lowest BCUT2D eigenvalue weighted by Gasteiger charge is -2.55. The number of methoxy groups -OCH3 is 2. The fraction of sp³-hybridized carbons (Fsp3) is 0.917. The van der Waals surface area contributed by atoms with Crippen LogP contribution < -0.4 is 0 Å². The first-order valence-corrected chi connectivity index (χ1v) is 6.17. The van der Waals surface area contributed by atoms with Gasteiger partial charge in [-0.05, 0) is 12.8 Å². The minimum atomic E-state index is -0.696. The topological polar surface area (TPSA) is 59.0 Å². The maximum atomic E-state index is 11.6. The first kappa shape index (κ1) is 12.8. The van der Waals surface area contributed by atoms with E-state index in [1.54, 1.807) is 14.2 Å². The third kappa shape index (κ3) is 1.96. The zero-order valence-electron chi connectivity index (χ0n) is 10.6. The fourth-order valence-corrected chi connectivity index (χ4v) is 2.98. The van der Waals surface area contributed by atoms with E-state index in [-0.39, 0.29) is 0 Å². The van der Waals surface area contributed by atoms with Crippen molar-refractivity contribution in [3.8, 4) is 0 Å². The van der Waals surface area contributed by atoms with Crippen molar-refractivity contribution in [2.24, 2.45) is 0 Å². The molecule has 17 heavy (non-hydrogen) atoms. The number of carboxylic acid groups (broad SMARTS) is 1. The molecule has 2 fully saturated rings. The van der Waals surface area contributed by atoms with E-state index in [4.69, 9.17) is 9.47 Å². The average molecular weight is 243 g/mol. The van der Waals surface area contributed by atoms with Crippen molar-refractivity contribution in [2.45, 2.75) is 43.4 Å². The largest absolute Gasteiger partial charge is 0.480 e. The molecule has 98 valence electrons. The summed E-state index contributed by atoms with van der Waals surface area (Å²) in [6, 6.07) is 0. The first-order chi connectivity index (χ1) is 8.08. The molecule has 0 bridgehead atoms. The van der Waals surface area contributed by atoms with E-state index in [0.29, 0.717) is 13.1 Å². The number of rotatable bonds is 4. The Labute approximate surface area is 102 Å². The number of carbonyl (C=O) groups is 1. The molecule has 0 amide bonds. The molecule has 2 aliphatic rings. The number of hydrogen-bond donors (Lipinski definition) is 1. The molecule has 1 aliphatic heterocycles. The van der Waals surface area contributed by atoms with E-state index in [9.17, 15) is 9.90 Å². The maximum Gasteiger partial charge on any atom is 0.324 e. The van der Waals surface area contributed by atoms with Crippen LogP contribution in [0.5, 0.6) is 0 Å². The summed E-state index contributed by atoms with van der Waals surface area (Å²) >= 11 is 0. The molecule has 1 saturated carbocycles. The van der Waals surface area contributed by atoms with Gasteiger partial charge in [-0.1, -0.05) is 19.3 Å². The Balaban J connectivity index is 2.08. The van der Waals surface area contributed by atoms with Gasteiger partial charge in [-0.25, -0.2) is 0 Å². The van der Waals surface area contributed by atoms with E-state index in [1.807, 2.05) is 4.90 Å². The third-order valence-electron chi connectivity index (χ3n) is 4.29. The van der Waals surface area contributed by atoms with Crippen LogP contribution in [0.1, 0.15) is 32.1 Å². The van der Waals surface area contributed by atoms with E-state index < -0.39 is 17.3 Å². The standard InChI is InChI=1S/C12H21NO4/c1-16-12(17-2)8-13(9-12)11(10(14)15)6-4-3-5-7-11/h3-9H2,1-2H3,(H,14,15). The van der Waals surface area contributed by atoms with Gasteiger partial charge < -0.3 is 14.6 Å². The Kier molecular flexibility index (Phi) is 3.43. The smallest absolute Gasteiger partial charge is 0.324 e. The third-order valence-corrected chi connectivity index (χ3v) is 4.29. The van der Waals surface area contributed by atoms with E-state index >= 15 is 0 Å². The van der Waals surface area contributed by atoms with Gasteiger partial charge in [0.1, 0.15) is 5.54 Å². The van der Waals surface area contributed by atoms with Crippen molar-refractivity contribution in [3.63, 3.8) is 0 Å². The Morgan fingerprint density at radius 1 is 1.12 bits per heavy atom. The minimum Gasteiger partial charge on any atom is -0.480 e. The van der Waals surface area contributed by atoms with Crippen LogP contribution in [0.2, 0.25) is 0 Å². The maximum absolute atomic E-state index is 11.6. The number of hydrogen-bond acceptors (Lipinski definition) is 4. The van der Waals surface area contributed by atoms with Crippen LogP contribution in [0.25, 0.3) is 0 Å². The van der Waals surface area contributed by atoms with Crippen molar-refractivity contribution < 1.29 is 19.4 Å². The number of nitrogens with zero attached hydrogens (tertiary/aromatic N) is 1. The Bertz CT molecular complexity index is 287. The molecule has 1 N–H and O–H groups in total. The van der Waals surface area contributed by atoms with Crippen molar-refractivity contribution in [2.75, 3.05) is 27.3 Å². The Morgan fingerprint density at radius 2 is 1.65 bits per heavy atom. The molecule has 0 spiro atoms. The van der Waals surface area contributed by atoms with Crippen LogP contribution in [0, 0.1) is 0 Å². The molecule has 2 rings (SSSR count). The van der Waals surface area contributed by atoms with Gasteiger partial charge in [0.2, 0.25) is 0 Å². The highest BCUT2D eigenvalue weighted by Gasteiger charge is 2.56. The zero-order chi connectivity index (χ0) is 12.5. The number of aliphatic carboxylic acids is 1. The van der Waals surface area contributed by atoms with Crippen molar-refractivity contribution >= 4 is 5.97 Å². The summed E-state index contributed by atoms with van der Waals surface area (Å²) in [5, 5.41) is 9.52. The van der Waals surface area contributed by atoms with Crippen molar-refractivity contribution in [1.29, 1.82) is 0 Å². The molecule has 5 heteroatoms. The van der Waals surface area contributed by atoms with E-state index in [0.717, 1.165) is 32.1 Å². The summed E-state index contributed by atoms with van der Waals surface area (Å²) in [5.74, 6) is -1.29. The monoisotopic (exact) mass is 243 g/mol. The van der Waals surface area contributed by atoms with Gasteiger partial charge in [0.15, 0.2) is 5.79 Å². The molecule has 0 unspecified atom stereocenters. The van der Waals surface area contributed by atoms with Crippen LogP contribution in [0.3, 0.4) is 0 Å². The fourth-order valence-electron chi connectivity index (χ4n) is 2.98. The summed E-state index contributed by atoms with van der Waals surface area (Å²) in [4.78, 5) is 13.6. The first-order valence-electron chi connectivity index (χ1n) is 6.17. The van der Waals surface area contributed by atoms with Gasteiger partial charge in [-0.15, -0.1) is 0 Å². The zero-order valence-corrected chi connectivity index (χ0v) is 10.6. The van der Waals surface area contributed by atoms with Crippen LogP contribution in [0.4, 0.5) is 0 Å². The molecule has 1 heterocycles. The Morgan fingerprint density at radius 3 is 2.06 bits per heavy atom. The van der Waals surface area contributed by atoms with Gasteiger partial charge in [0.05, 0.1) is 13.1 Å². The predicted octanol–water partition coefficient (Wildman–Crippen LogP) is 1.08. The summed E-state index contributed by atoms with van der Waals surface area (Å²) < 4.78 is 10.6. The molecule has 1 aliphatic carbocycles. The van der Waals surface area contributed by atoms with Crippen molar-refractivity contribution in [1.82, 2.24) is 4.90 Å². The second-order valence-electron chi connectivity index (χ2n) is 5.07. The van der Waals surface area contributed by atoms with Gasteiger partial charge in [-0.3, -0.25) is 9.69 Å². The SMILES string of the molecule is COC1(OC)CN(C2(C(=O)O)CCCCC2)C1. The molecular weight excluding hydrogens is 222 g/mol. The average Bonchev–Trinajstić information content (AvgIpc) is 2.30. The normalized spacial score (nSPS) is 27.4. The van der Waals surface area contributed by atoms with Gasteiger partial charge >= 0.3 is 5.97 Å². The summed E-state index contributed by atoms with van der Waals surface area (Å²) in [5.41, 5.74) is -0.682. The molecule has 0 aromatic rings. The van der Waals surface area contributed by atoms with E-state index in [1.165, 1.54) is 0 Å². The van der Waals surface area contributed by atoms with Crippen LogP contribution in [-0.2, 0) is 14.3 Å². The number of carboxylic acids is 1. The van der Waals surface area contributed by atoms with Crippen LogP contribution in [-0.4, -0.2) is 54.6 Å². The van der Waals surface area contributed by atoms with Crippen molar-refractivity contribution in [3.05, 3.63) is 0 Å². The number of likely N-dealkylation sites (tertiary alicyclic amines) is 1. The quantitative estimate of drug-likeness (QED) is 0.749. The second-order valence-corrected chi connectivity index (χ2v) is 5.07. The highest BCUT2D eigenvalue weighted by Crippen LogP contribution is 2.40. The highest BCUT2D eigenvalue weighted by molar-refractivity contribution is 5.79. The number of ether oxygens (including phenoxy) is 2. The molecule has 0 aromatic carbocycles. The molecular formula is C12H21NO4. The summed E-state index contributed by atoms with van der Waals surface area (Å²) in [6.07, 6.45) is 4.62. The van der Waals surface area contributed by atoms with Gasteiger partial charge in [0.25, 0.3) is 0 Å². The van der Waals surface area contributed by atoms with Crippen LogP contribution in [0.15, 0.2) is 0 Å². The highest BCUT2D eigenvalue weighted by atomic mass is 16.7. The molecule has 0 aromatic heterocycles. The lowest BCUT2D eigenvalue weighted by molar-refractivity contribution is -0.293. The predicted molar refractivity (Wildman–Crippen MR) is 61.8 cm³/mol. The second kappa shape index (κ2) is 4.55. The molecule has 0 radical (unpaired) electrons. The van der Waals surface area contributed by atoms with Crippen LogP contribution >= 0.6 is 0 Å². The summed E-state index contributed by atoms with van der Waals surface area (Å²) in [6.45, 7) is 1.10. The van der Waals surface area contributed by atoms with Gasteiger partial charge in [0, 0.05) is 14.2 Å². The molecule has 0 atom stereocenters. The lowest BCUT2D eigenvalue weighted by atomic mass is 9.78. The lowest BCUT2D eigenvalue weighted by Crippen LogP contribution is -2.72.